The van der Waals surface area contributed by atoms with Gasteiger partial charge < -0.3 is 9.26 Å². The third-order valence-electron chi connectivity index (χ3n) is 4.42. The highest BCUT2D eigenvalue weighted by molar-refractivity contribution is 5.30. The van der Waals surface area contributed by atoms with Crippen LogP contribution in [0.3, 0.4) is 0 Å². The maximum absolute atomic E-state index is 5.50. The predicted octanol–water partition coefficient (Wildman–Crippen LogP) is 0.917. The first-order chi connectivity index (χ1) is 11.0. The number of ether oxygens (including phenoxy) is 1. The molecule has 126 valence electrons. The Morgan fingerprint density at radius 3 is 2.70 bits per heavy atom. The molecule has 0 radical (unpaired) electrons. The monoisotopic (exact) mass is 320 g/mol. The number of hydrogen-bond acceptors (Lipinski definition) is 7. The topological polar surface area (TPSA) is 72.5 Å². The normalized spacial score (nSPS) is 20.1. The van der Waals surface area contributed by atoms with Crippen LogP contribution in [0.4, 0.5) is 0 Å². The second kappa shape index (κ2) is 6.29. The van der Waals surface area contributed by atoms with Crippen molar-refractivity contribution in [2.24, 2.45) is 7.05 Å². The van der Waals surface area contributed by atoms with Gasteiger partial charge in [0.05, 0.1) is 18.4 Å². The molecule has 0 N–H and O–H groups in total. The molecule has 0 spiro atoms. The minimum atomic E-state index is 0.118. The molecule has 3 rings (SSSR count). The van der Waals surface area contributed by atoms with Gasteiger partial charge in [-0.1, -0.05) is 5.16 Å². The molecule has 0 aromatic carbocycles. The van der Waals surface area contributed by atoms with E-state index in [0.717, 1.165) is 43.3 Å². The van der Waals surface area contributed by atoms with E-state index < -0.39 is 0 Å². The van der Waals surface area contributed by atoms with Crippen LogP contribution in [-0.4, -0.2) is 63.5 Å². The lowest BCUT2D eigenvalue weighted by molar-refractivity contribution is 0.0708. The van der Waals surface area contributed by atoms with Gasteiger partial charge in [-0.2, -0.15) is 10.1 Å². The van der Waals surface area contributed by atoms with Gasteiger partial charge in [0.15, 0.2) is 5.82 Å². The van der Waals surface area contributed by atoms with E-state index in [4.69, 9.17) is 9.26 Å². The Morgan fingerprint density at radius 1 is 1.26 bits per heavy atom. The molecule has 0 aliphatic carbocycles. The van der Waals surface area contributed by atoms with Crippen LogP contribution < -0.4 is 4.74 Å². The van der Waals surface area contributed by atoms with Crippen molar-refractivity contribution in [3.63, 3.8) is 0 Å². The lowest BCUT2D eigenvalue weighted by Crippen LogP contribution is -2.46. The summed E-state index contributed by atoms with van der Waals surface area (Å²) in [6, 6.07) is 0.118. The second-order valence-corrected chi connectivity index (χ2v) is 6.11. The summed E-state index contributed by atoms with van der Waals surface area (Å²) >= 11 is 0. The maximum Gasteiger partial charge on any atom is 0.245 e. The number of piperazine rings is 1. The quantitative estimate of drug-likeness (QED) is 0.829. The van der Waals surface area contributed by atoms with Gasteiger partial charge in [-0.3, -0.25) is 9.80 Å². The Morgan fingerprint density at radius 2 is 2.04 bits per heavy atom. The first-order valence-corrected chi connectivity index (χ1v) is 7.79. The number of aryl methyl sites for hydroxylation is 3. The number of rotatable bonds is 4. The Kier molecular flexibility index (Phi) is 4.36. The van der Waals surface area contributed by atoms with Crippen molar-refractivity contribution in [3.05, 3.63) is 23.0 Å². The van der Waals surface area contributed by atoms with Crippen LogP contribution in [0.5, 0.6) is 5.88 Å². The molecule has 2 aromatic heterocycles. The average molecular weight is 320 g/mol. The Labute approximate surface area is 136 Å². The van der Waals surface area contributed by atoms with Crippen LogP contribution in [0.15, 0.2) is 4.52 Å². The molecule has 0 bridgehead atoms. The molecule has 0 saturated carbocycles. The van der Waals surface area contributed by atoms with Gasteiger partial charge in [0.2, 0.25) is 11.8 Å². The Balaban J connectivity index is 1.77. The van der Waals surface area contributed by atoms with E-state index in [-0.39, 0.29) is 6.04 Å². The molecule has 2 aromatic rings. The third-order valence-corrected chi connectivity index (χ3v) is 4.42. The van der Waals surface area contributed by atoms with Gasteiger partial charge >= 0.3 is 0 Å². The van der Waals surface area contributed by atoms with Gasteiger partial charge in [-0.05, 0) is 20.9 Å². The van der Waals surface area contributed by atoms with Crippen molar-refractivity contribution in [3.8, 4) is 5.88 Å². The lowest BCUT2D eigenvalue weighted by atomic mass is 10.1. The predicted molar refractivity (Wildman–Crippen MR) is 84.2 cm³/mol. The van der Waals surface area contributed by atoms with E-state index in [1.54, 1.807) is 11.8 Å². The number of nitrogens with zero attached hydrogens (tertiary/aromatic N) is 6. The van der Waals surface area contributed by atoms with Crippen molar-refractivity contribution in [2.45, 2.75) is 26.4 Å². The van der Waals surface area contributed by atoms with Crippen molar-refractivity contribution in [1.82, 2.24) is 29.7 Å². The SMILES string of the molecule is COc1c(CN2CCN(C)C(c3nc(C)no3)C2)c(C)nn1C. The summed E-state index contributed by atoms with van der Waals surface area (Å²) < 4.78 is 12.7. The van der Waals surface area contributed by atoms with E-state index in [9.17, 15) is 0 Å². The van der Waals surface area contributed by atoms with Crippen molar-refractivity contribution in [1.29, 1.82) is 0 Å². The third kappa shape index (κ3) is 3.09. The molecule has 8 heteroatoms. The van der Waals surface area contributed by atoms with E-state index in [0.29, 0.717) is 11.7 Å². The van der Waals surface area contributed by atoms with E-state index >= 15 is 0 Å². The Hall–Kier alpha value is -1.93. The summed E-state index contributed by atoms with van der Waals surface area (Å²) in [6.45, 7) is 7.45. The molecule has 0 amide bonds. The summed E-state index contributed by atoms with van der Waals surface area (Å²) in [4.78, 5) is 9.04. The molecule has 1 fully saturated rings. The first kappa shape index (κ1) is 15.9. The van der Waals surface area contributed by atoms with Crippen molar-refractivity contribution in [2.75, 3.05) is 33.8 Å². The molecule has 1 atom stereocenters. The molecule has 8 nitrogen and oxygen atoms in total. The molecular formula is C15H24N6O2. The lowest BCUT2D eigenvalue weighted by Gasteiger charge is -2.37. The first-order valence-electron chi connectivity index (χ1n) is 7.79. The number of methoxy groups -OCH3 is 1. The fourth-order valence-corrected chi connectivity index (χ4v) is 3.13. The van der Waals surface area contributed by atoms with Crippen LogP contribution in [-0.2, 0) is 13.6 Å². The highest BCUT2D eigenvalue weighted by Gasteiger charge is 2.31. The fourth-order valence-electron chi connectivity index (χ4n) is 3.13. The van der Waals surface area contributed by atoms with Crippen molar-refractivity contribution < 1.29 is 9.26 Å². The summed E-state index contributed by atoms with van der Waals surface area (Å²) in [5.41, 5.74) is 2.15. The minimum Gasteiger partial charge on any atom is -0.481 e. The molecular weight excluding hydrogens is 296 g/mol. The molecule has 23 heavy (non-hydrogen) atoms. The maximum atomic E-state index is 5.50. The largest absolute Gasteiger partial charge is 0.481 e. The standard InChI is InChI=1S/C15H24N6O2/c1-10-12(15(22-5)20(4)17-10)8-21-7-6-19(3)13(9-21)14-16-11(2)18-23-14/h13H,6-9H2,1-5H3. The molecule has 3 heterocycles. The zero-order valence-electron chi connectivity index (χ0n) is 14.4. The number of hydrogen-bond donors (Lipinski definition) is 0. The zero-order valence-corrected chi connectivity index (χ0v) is 14.4. The number of likely N-dealkylation sites (N-methyl/N-ethyl adjacent to an activating group) is 1. The fraction of sp³-hybridized carbons (Fsp3) is 0.667. The smallest absolute Gasteiger partial charge is 0.245 e. The van der Waals surface area contributed by atoms with Crippen LogP contribution in [0.25, 0.3) is 0 Å². The highest BCUT2D eigenvalue weighted by Crippen LogP contribution is 2.27. The minimum absolute atomic E-state index is 0.118. The zero-order chi connectivity index (χ0) is 16.6. The average Bonchev–Trinajstić information content (AvgIpc) is 3.05. The van der Waals surface area contributed by atoms with Crippen LogP contribution in [0.1, 0.15) is 29.0 Å². The van der Waals surface area contributed by atoms with Crippen LogP contribution in [0.2, 0.25) is 0 Å². The second-order valence-electron chi connectivity index (χ2n) is 6.11. The van der Waals surface area contributed by atoms with Gasteiger partial charge in [-0.25, -0.2) is 4.68 Å². The molecule has 1 aliphatic rings. The summed E-state index contributed by atoms with van der Waals surface area (Å²) in [6.07, 6.45) is 0. The van der Waals surface area contributed by atoms with Gasteiger partial charge in [0.1, 0.15) is 6.04 Å². The van der Waals surface area contributed by atoms with Crippen molar-refractivity contribution >= 4 is 0 Å². The van der Waals surface area contributed by atoms with E-state index in [1.165, 1.54) is 0 Å². The summed E-state index contributed by atoms with van der Waals surface area (Å²) in [7, 11) is 5.69. The van der Waals surface area contributed by atoms with Gasteiger partial charge in [0.25, 0.3) is 0 Å². The molecule has 1 saturated heterocycles. The van der Waals surface area contributed by atoms with E-state index in [1.807, 2.05) is 20.9 Å². The summed E-state index contributed by atoms with van der Waals surface area (Å²) in [5, 5.41) is 8.37. The summed E-state index contributed by atoms with van der Waals surface area (Å²) in [5.74, 6) is 2.19. The van der Waals surface area contributed by atoms with E-state index in [2.05, 4.69) is 32.1 Å². The Bertz CT molecular complexity index is 680. The molecule has 1 aliphatic heterocycles. The van der Waals surface area contributed by atoms with Gasteiger partial charge in [0, 0.05) is 33.2 Å². The van der Waals surface area contributed by atoms with Crippen LogP contribution >= 0.6 is 0 Å². The van der Waals surface area contributed by atoms with Gasteiger partial charge in [-0.15, -0.1) is 0 Å². The van der Waals surface area contributed by atoms with Crippen LogP contribution in [0, 0.1) is 13.8 Å². The highest BCUT2D eigenvalue weighted by atomic mass is 16.5. The number of aromatic nitrogens is 4. The molecule has 1 unspecified atom stereocenters.